The summed E-state index contributed by atoms with van der Waals surface area (Å²) in [5, 5.41) is 9.07. The molecule has 0 spiro atoms. The first-order valence-corrected chi connectivity index (χ1v) is 7.24. The van der Waals surface area contributed by atoms with Gasteiger partial charge in [0.05, 0.1) is 0 Å². The summed E-state index contributed by atoms with van der Waals surface area (Å²) in [6.07, 6.45) is 4.45. The van der Waals surface area contributed by atoms with Crippen LogP contribution >= 0.6 is 0 Å². The topological polar surface area (TPSA) is 112 Å². The lowest BCUT2D eigenvalue weighted by molar-refractivity contribution is -0.142. The fourth-order valence-corrected chi connectivity index (χ4v) is 3.32. The minimum Gasteiger partial charge on any atom is -0.480 e. The molecule has 1 saturated heterocycles. The van der Waals surface area contributed by atoms with Crippen LogP contribution in [-0.4, -0.2) is 46.4 Å². The fourth-order valence-electron chi connectivity index (χ4n) is 1.97. The number of carboxylic acid groups (broad SMARTS) is 1. The lowest BCUT2D eigenvalue weighted by Gasteiger charge is -2.31. The molecule has 0 aromatic carbocycles. The molecule has 2 N–H and O–H groups in total. The highest BCUT2D eigenvalue weighted by Gasteiger charge is 2.37. The van der Waals surface area contributed by atoms with E-state index in [1.807, 2.05) is 0 Å². The van der Waals surface area contributed by atoms with Crippen molar-refractivity contribution in [3.8, 4) is 0 Å². The standard InChI is InChI=1S/C10H14N4O4S/c15-9(16)8-4-1-2-7-14(8)19(17,18)13-10-11-5-3-6-12-10/h3,5-6,8H,1-2,4,7H2,(H,15,16)(H,11,12,13). The van der Waals surface area contributed by atoms with E-state index in [9.17, 15) is 13.2 Å². The van der Waals surface area contributed by atoms with E-state index in [1.54, 1.807) is 6.07 Å². The van der Waals surface area contributed by atoms with E-state index in [0.29, 0.717) is 19.3 Å². The molecule has 1 aromatic rings. The summed E-state index contributed by atoms with van der Waals surface area (Å²) in [5.41, 5.74) is 0. The number of nitrogens with zero attached hydrogens (tertiary/aromatic N) is 3. The van der Waals surface area contributed by atoms with Gasteiger partial charge in [-0.15, -0.1) is 0 Å². The zero-order valence-electron chi connectivity index (χ0n) is 10.1. The Balaban J connectivity index is 2.20. The zero-order valence-corrected chi connectivity index (χ0v) is 10.9. The number of anilines is 1. The van der Waals surface area contributed by atoms with Crippen molar-refractivity contribution in [1.29, 1.82) is 0 Å². The molecule has 9 heteroatoms. The van der Waals surface area contributed by atoms with E-state index in [2.05, 4.69) is 14.7 Å². The van der Waals surface area contributed by atoms with Gasteiger partial charge in [0.25, 0.3) is 0 Å². The summed E-state index contributed by atoms with van der Waals surface area (Å²) in [6, 6.07) is 0.522. The smallest absolute Gasteiger partial charge is 0.322 e. The molecule has 2 rings (SSSR count). The van der Waals surface area contributed by atoms with Crippen LogP contribution in [0.1, 0.15) is 19.3 Å². The molecule has 104 valence electrons. The summed E-state index contributed by atoms with van der Waals surface area (Å²) >= 11 is 0. The first kappa shape index (κ1) is 13.7. The third-order valence-electron chi connectivity index (χ3n) is 2.83. The predicted molar refractivity (Wildman–Crippen MR) is 66.6 cm³/mol. The molecule has 1 aromatic heterocycles. The van der Waals surface area contributed by atoms with Crippen LogP contribution in [0.5, 0.6) is 0 Å². The van der Waals surface area contributed by atoms with Crippen LogP contribution in [-0.2, 0) is 15.0 Å². The van der Waals surface area contributed by atoms with Gasteiger partial charge in [-0.3, -0.25) is 4.79 Å². The second kappa shape index (κ2) is 5.49. The van der Waals surface area contributed by atoms with Gasteiger partial charge in [-0.25, -0.2) is 14.7 Å². The van der Waals surface area contributed by atoms with Gasteiger partial charge in [0.1, 0.15) is 6.04 Å². The molecule has 2 heterocycles. The van der Waals surface area contributed by atoms with Gasteiger partial charge in [-0.05, 0) is 25.3 Å². The van der Waals surface area contributed by atoms with Gasteiger partial charge in [0.2, 0.25) is 5.95 Å². The van der Waals surface area contributed by atoms with Gasteiger partial charge in [0.15, 0.2) is 0 Å². The lowest BCUT2D eigenvalue weighted by Crippen LogP contribution is -2.50. The molecule has 0 radical (unpaired) electrons. The third kappa shape index (κ3) is 3.18. The molecule has 1 aliphatic heterocycles. The molecular weight excluding hydrogens is 272 g/mol. The van der Waals surface area contributed by atoms with Crippen LogP contribution < -0.4 is 4.72 Å². The van der Waals surface area contributed by atoms with E-state index >= 15 is 0 Å². The summed E-state index contributed by atoms with van der Waals surface area (Å²) in [4.78, 5) is 18.6. The minimum atomic E-state index is -3.95. The molecule has 0 amide bonds. The quantitative estimate of drug-likeness (QED) is 0.810. The van der Waals surface area contributed by atoms with Crippen molar-refractivity contribution in [2.75, 3.05) is 11.3 Å². The van der Waals surface area contributed by atoms with Crippen LogP contribution in [0.2, 0.25) is 0 Å². The average molecular weight is 286 g/mol. The Bertz CT molecular complexity index is 548. The van der Waals surface area contributed by atoms with Crippen molar-refractivity contribution < 1.29 is 18.3 Å². The largest absolute Gasteiger partial charge is 0.480 e. The minimum absolute atomic E-state index is 0.0720. The molecule has 0 bridgehead atoms. The van der Waals surface area contributed by atoms with Gasteiger partial charge >= 0.3 is 16.2 Å². The van der Waals surface area contributed by atoms with E-state index in [-0.39, 0.29) is 12.5 Å². The number of carbonyl (C=O) groups is 1. The van der Waals surface area contributed by atoms with Crippen molar-refractivity contribution in [3.63, 3.8) is 0 Å². The molecule has 1 unspecified atom stereocenters. The summed E-state index contributed by atoms with van der Waals surface area (Å²) in [7, 11) is -3.95. The van der Waals surface area contributed by atoms with Crippen LogP contribution in [0.4, 0.5) is 5.95 Å². The lowest BCUT2D eigenvalue weighted by atomic mass is 10.1. The van der Waals surface area contributed by atoms with Gasteiger partial charge in [-0.1, -0.05) is 0 Å². The highest BCUT2D eigenvalue weighted by molar-refractivity contribution is 7.90. The molecule has 0 aliphatic carbocycles. The van der Waals surface area contributed by atoms with Crippen molar-refractivity contribution in [2.45, 2.75) is 25.3 Å². The van der Waals surface area contributed by atoms with Crippen LogP contribution in [0.25, 0.3) is 0 Å². The highest BCUT2D eigenvalue weighted by atomic mass is 32.2. The second-order valence-corrected chi connectivity index (χ2v) is 5.76. The highest BCUT2D eigenvalue weighted by Crippen LogP contribution is 2.21. The summed E-state index contributed by atoms with van der Waals surface area (Å²) in [5.74, 6) is -1.21. The van der Waals surface area contributed by atoms with Crippen molar-refractivity contribution in [1.82, 2.24) is 14.3 Å². The second-order valence-electron chi connectivity index (χ2n) is 4.14. The Kier molecular flexibility index (Phi) is 3.96. The summed E-state index contributed by atoms with van der Waals surface area (Å²) in [6.45, 7) is 0.180. The van der Waals surface area contributed by atoms with E-state index < -0.39 is 22.2 Å². The van der Waals surface area contributed by atoms with E-state index in [4.69, 9.17) is 5.11 Å². The normalized spacial score (nSPS) is 20.9. The average Bonchev–Trinajstić information content (AvgIpc) is 2.39. The molecule has 1 aliphatic rings. The number of aliphatic carboxylic acids is 1. The van der Waals surface area contributed by atoms with Crippen molar-refractivity contribution >= 4 is 22.1 Å². The van der Waals surface area contributed by atoms with E-state index in [0.717, 1.165) is 4.31 Å². The Morgan fingerprint density at radius 2 is 2.05 bits per heavy atom. The Morgan fingerprint density at radius 3 is 2.68 bits per heavy atom. The van der Waals surface area contributed by atoms with Gasteiger partial charge < -0.3 is 5.11 Å². The van der Waals surface area contributed by atoms with Crippen LogP contribution in [0, 0.1) is 0 Å². The SMILES string of the molecule is O=C(O)C1CCCCN1S(=O)(=O)Nc1ncccn1. The maximum atomic E-state index is 12.1. The number of carboxylic acids is 1. The fraction of sp³-hybridized carbons (Fsp3) is 0.500. The maximum absolute atomic E-state index is 12.1. The van der Waals surface area contributed by atoms with Gasteiger partial charge in [0, 0.05) is 18.9 Å². The molecule has 1 fully saturated rings. The number of rotatable bonds is 4. The van der Waals surface area contributed by atoms with Crippen molar-refractivity contribution in [2.24, 2.45) is 0 Å². The van der Waals surface area contributed by atoms with Crippen molar-refractivity contribution in [3.05, 3.63) is 18.5 Å². The molecular formula is C10H14N4O4S. The Hall–Kier alpha value is -1.74. The number of piperidine rings is 1. The molecule has 19 heavy (non-hydrogen) atoms. The Morgan fingerprint density at radius 1 is 1.37 bits per heavy atom. The first-order chi connectivity index (χ1) is 9.00. The number of hydrogen-bond donors (Lipinski definition) is 2. The van der Waals surface area contributed by atoms with Crippen LogP contribution in [0.15, 0.2) is 18.5 Å². The summed E-state index contributed by atoms with van der Waals surface area (Å²) < 4.78 is 27.4. The monoisotopic (exact) mass is 286 g/mol. The van der Waals surface area contributed by atoms with E-state index in [1.165, 1.54) is 12.4 Å². The van der Waals surface area contributed by atoms with Crippen LogP contribution in [0.3, 0.4) is 0 Å². The Labute approximate surface area is 110 Å². The third-order valence-corrected chi connectivity index (χ3v) is 4.33. The number of nitrogens with one attached hydrogen (secondary N) is 1. The number of aromatic nitrogens is 2. The molecule has 8 nitrogen and oxygen atoms in total. The zero-order chi connectivity index (χ0) is 13.9. The first-order valence-electron chi connectivity index (χ1n) is 5.80. The van der Waals surface area contributed by atoms with Gasteiger partial charge in [-0.2, -0.15) is 12.7 Å². The number of hydrogen-bond acceptors (Lipinski definition) is 5. The predicted octanol–water partition coefficient (Wildman–Crippen LogP) is 0.0724. The molecule has 1 atom stereocenters. The molecule has 0 saturated carbocycles. The maximum Gasteiger partial charge on any atom is 0.322 e.